The van der Waals surface area contributed by atoms with Crippen LogP contribution in [0.15, 0.2) is 36.4 Å². The summed E-state index contributed by atoms with van der Waals surface area (Å²) in [6.07, 6.45) is 0. The zero-order valence-corrected chi connectivity index (χ0v) is 14.4. The van der Waals surface area contributed by atoms with Gasteiger partial charge in [0.15, 0.2) is 22.1 Å². The maximum Gasteiger partial charge on any atom is 0.231 e. The average molecular weight is 357 g/mol. The molecule has 0 unspecified atom stereocenters. The Labute approximate surface area is 148 Å². The summed E-state index contributed by atoms with van der Waals surface area (Å²) in [6, 6.07) is 11.1. The van der Waals surface area contributed by atoms with Crippen molar-refractivity contribution in [2.24, 2.45) is 0 Å². The van der Waals surface area contributed by atoms with Gasteiger partial charge >= 0.3 is 0 Å². The summed E-state index contributed by atoms with van der Waals surface area (Å²) in [7, 11) is 3.22. The molecule has 1 N–H and O–H groups in total. The van der Waals surface area contributed by atoms with E-state index in [1.54, 1.807) is 18.8 Å². The molecule has 0 saturated carbocycles. The molecule has 2 aromatic carbocycles. The molecule has 4 rings (SSSR count). The highest BCUT2D eigenvalue weighted by molar-refractivity contribution is 7.71. The molecule has 0 amide bonds. The van der Waals surface area contributed by atoms with Gasteiger partial charge in [0.25, 0.3) is 0 Å². The fraction of sp³-hybridized carbons (Fsp3) is 0.176. The molecule has 7 nitrogen and oxygen atoms in total. The molecule has 0 bridgehead atoms. The van der Waals surface area contributed by atoms with Gasteiger partial charge in [-0.25, -0.2) is 0 Å². The lowest BCUT2D eigenvalue weighted by molar-refractivity contribution is 0.174. The minimum absolute atomic E-state index is 0.218. The Balaban J connectivity index is 1.91. The van der Waals surface area contributed by atoms with E-state index in [0.29, 0.717) is 33.6 Å². The quantitative estimate of drug-likeness (QED) is 0.722. The van der Waals surface area contributed by atoms with Crippen LogP contribution in [-0.2, 0) is 0 Å². The van der Waals surface area contributed by atoms with Gasteiger partial charge in [-0.3, -0.25) is 9.67 Å². The zero-order valence-electron chi connectivity index (χ0n) is 13.6. The predicted octanol–water partition coefficient (Wildman–Crippen LogP) is 3.34. The number of nitrogens with zero attached hydrogens (tertiary/aromatic N) is 2. The first kappa shape index (κ1) is 15.5. The number of ether oxygens (including phenoxy) is 4. The van der Waals surface area contributed by atoms with E-state index in [9.17, 15) is 0 Å². The summed E-state index contributed by atoms with van der Waals surface area (Å²) in [5, 5.41) is 7.21. The molecule has 1 aromatic heterocycles. The minimum Gasteiger partial charge on any atom is -0.497 e. The van der Waals surface area contributed by atoms with Crippen LogP contribution in [0.2, 0.25) is 0 Å². The summed E-state index contributed by atoms with van der Waals surface area (Å²) >= 11 is 5.43. The number of fused-ring (bicyclic) bond motifs is 1. The number of aromatic amines is 1. The van der Waals surface area contributed by atoms with Crippen LogP contribution in [0.3, 0.4) is 0 Å². The van der Waals surface area contributed by atoms with E-state index >= 15 is 0 Å². The number of hydrogen-bond donors (Lipinski definition) is 1. The molecule has 1 aliphatic heterocycles. The van der Waals surface area contributed by atoms with Gasteiger partial charge in [0.2, 0.25) is 6.79 Å². The fourth-order valence-electron chi connectivity index (χ4n) is 2.72. The van der Waals surface area contributed by atoms with E-state index in [0.717, 1.165) is 11.3 Å². The van der Waals surface area contributed by atoms with Crippen LogP contribution in [0.1, 0.15) is 0 Å². The monoisotopic (exact) mass is 357 g/mol. The first-order valence-electron chi connectivity index (χ1n) is 7.51. The van der Waals surface area contributed by atoms with Gasteiger partial charge in [0, 0.05) is 11.6 Å². The van der Waals surface area contributed by atoms with Gasteiger partial charge < -0.3 is 18.9 Å². The Morgan fingerprint density at radius 1 is 1.08 bits per heavy atom. The molecule has 1 aliphatic rings. The van der Waals surface area contributed by atoms with Crippen molar-refractivity contribution in [3.63, 3.8) is 0 Å². The Morgan fingerprint density at radius 2 is 1.92 bits per heavy atom. The number of nitrogens with one attached hydrogen (secondary N) is 1. The van der Waals surface area contributed by atoms with Crippen molar-refractivity contribution in [2.45, 2.75) is 0 Å². The highest BCUT2D eigenvalue weighted by atomic mass is 32.1. The summed E-state index contributed by atoms with van der Waals surface area (Å²) in [5.41, 5.74) is 1.56. The number of benzene rings is 2. The number of H-pyrrole nitrogens is 1. The standard InChI is InChI=1S/C17H15N3O4S/c1-21-11-4-6-13(22-2)12(8-11)20-16(18-19-17(20)25)10-3-5-14-15(7-10)24-9-23-14/h3-8H,9H2,1-2H3,(H,19,25). The first-order chi connectivity index (χ1) is 12.2. The smallest absolute Gasteiger partial charge is 0.231 e. The van der Waals surface area contributed by atoms with Crippen molar-refractivity contribution in [1.82, 2.24) is 14.8 Å². The molecule has 0 fully saturated rings. The fourth-order valence-corrected chi connectivity index (χ4v) is 2.95. The average Bonchev–Trinajstić information content (AvgIpc) is 3.26. The van der Waals surface area contributed by atoms with E-state index in [-0.39, 0.29) is 6.79 Å². The van der Waals surface area contributed by atoms with Gasteiger partial charge in [-0.15, -0.1) is 0 Å². The normalized spacial score (nSPS) is 12.2. The number of hydrogen-bond acceptors (Lipinski definition) is 6. The number of aromatic nitrogens is 3. The summed E-state index contributed by atoms with van der Waals surface area (Å²) in [5.74, 6) is 3.37. The van der Waals surface area contributed by atoms with Crippen LogP contribution in [0, 0.1) is 4.77 Å². The molecule has 8 heteroatoms. The molecule has 2 heterocycles. The molecule has 0 saturated heterocycles. The highest BCUT2D eigenvalue weighted by Crippen LogP contribution is 2.37. The molecule has 0 aliphatic carbocycles. The predicted molar refractivity (Wildman–Crippen MR) is 93.4 cm³/mol. The highest BCUT2D eigenvalue weighted by Gasteiger charge is 2.19. The van der Waals surface area contributed by atoms with E-state index < -0.39 is 0 Å². The molecule has 3 aromatic rings. The van der Waals surface area contributed by atoms with Crippen molar-refractivity contribution in [1.29, 1.82) is 0 Å². The lowest BCUT2D eigenvalue weighted by Crippen LogP contribution is -2.01. The molecule has 0 atom stereocenters. The third-order valence-corrected chi connectivity index (χ3v) is 4.20. The molecule has 0 spiro atoms. The summed E-state index contributed by atoms with van der Waals surface area (Å²) < 4.78 is 23.9. The summed E-state index contributed by atoms with van der Waals surface area (Å²) in [6.45, 7) is 0.218. The second-order valence-corrected chi connectivity index (χ2v) is 5.68. The molecule has 25 heavy (non-hydrogen) atoms. The van der Waals surface area contributed by atoms with Crippen LogP contribution in [0.25, 0.3) is 17.1 Å². The van der Waals surface area contributed by atoms with Crippen LogP contribution < -0.4 is 18.9 Å². The van der Waals surface area contributed by atoms with Gasteiger partial charge in [-0.2, -0.15) is 5.10 Å². The van der Waals surface area contributed by atoms with Crippen molar-refractivity contribution < 1.29 is 18.9 Å². The van der Waals surface area contributed by atoms with Crippen molar-refractivity contribution in [2.75, 3.05) is 21.0 Å². The van der Waals surface area contributed by atoms with E-state index in [1.807, 2.05) is 36.4 Å². The Bertz CT molecular complexity index is 996. The van der Waals surface area contributed by atoms with E-state index in [4.69, 9.17) is 31.2 Å². The molecular formula is C17H15N3O4S. The van der Waals surface area contributed by atoms with Gasteiger partial charge in [-0.1, -0.05) is 0 Å². The maximum atomic E-state index is 5.48. The van der Waals surface area contributed by atoms with Crippen LogP contribution >= 0.6 is 12.2 Å². The Kier molecular flexibility index (Phi) is 3.81. The Hall–Kier alpha value is -3.00. The maximum absolute atomic E-state index is 5.48. The largest absolute Gasteiger partial charge is 0.497 e. The first-order valence-corrected chi connectivity index (χ1v) is 7.92. The third kappa shape index (κ3) is 2.60. The molecule has 128 valence electrons. The van der Waals surface area contributed by atoms with Crippen molar-refractivity contribution in [3.05, 3.63) is 41.2 Å². The SMILES string of the molecule is COc1ccc(OC)c(-n2c(-c3ccc4c(c3)OCO4)n[nH]c2=S)c1. The number of rotatable bonds is 4. The van der Waals surface area contributed by atoms with Crippen molar-refractivity contribution in [3.8, 4) is 40.1 Å². The third-order valence-electron chi connectivity index (χ3n) is 3.93. The molecule has 0 radical (unpaired) electrons. The van der Waals surface area contributed by atoms with Crippen LogP contribution in [-0.4, -0.2) is 35.8 Å². The van der Waals surface area contributed by atoms with Gasteiger partial charge in [0.05, 0.1) is 19.9 Å². The van der Waals surface area contributed by atoms with Gasteiger partial charge in [0.1, 0.15) is 11.5 Å². The van der Waals surface area contributed by atoms with E-state index in [1.165, 1.54) is 0 Å². The topological polar surface area (TPSA) is 70.5 Å². The second-order valence-electron chi connectivity index (χ2n) is 5.29. The molecular weight excluding hydrogens is 342 g/mol. The number of methoxy groups -OCH3 is 2. The lowest BCUT2D eigenvalue weighted by atomic mass is 10.2. The zero-order chi connectivity index (χ0) is 17.4. The van der Waals surface area contributed by atoms with E-state index in [2.05, 4.69) is 10.2 Å². The van der Waals surface area contributed by atoms with Crippen LogP contribution in [0.4, 0.5) is 0 Å². The second kappa shape index (κ2) is 6.14. The lowest BCUT2D eigenvalue weighted by Gasteiger charge is -2.13. The van der Waals surface area contributed by atoms with Crippen LogP contribution in [0.5, 0.6) is 23.0 Å². The Morgan fingerprint density at radius 3 is 2.72 bits per heavy atom. The summed E-state index contributed by atoms with van der Waals surface area (Å²) in [4.78, 5) is 0. The minimum atomic E-state index is 0.218. The van der Waals surface area contributed by atoms with Crippen molar-refractivity contribution >= 4 is 12.2 Å². The van der Waals surface area contributed by atoms with Gasteiger partial charge in [-0.05, 0) is 42.5 Å².